The third kappa shape index (κ3) is 5.29. The first-order valence-electron chi connectivity index (χ1n) is 10.3. The highest BCUT2D eigenvalue weighted by Crippen LogP contribution is 2.44. The first-order valence-corrected chi connectivity index (χ1v) is 10.3. The Morgan fingerprint density at radius 1 is 1.00 bits per heavy atom. The molecule has 0 saturated heterocycles. The summed E-state index contributed by atoms with van der Waals surface area (Å²) in [6.07, 6.45) is -0.322. The van der Waals surface area contributed by atoms with Crippen LogP contribution in [0.25, 0.3) is 11.1 Å². The summed E-state index contributed by atoms with van der Waals surface area (Å²) in [5.74, 6) is 4.33. The number of carbonyl (C=O) groups is 1. The van der Waals surface area contributed by atoms with E-state index in [9.17, 15) is 18.0 Å². The summed E-state index contributed by atoms with van der Waals surface area (Å²) in [6, 6.07) is 19.3. The van der Waals surface area contributed by atoms with Crippen LogP contribution in [-0.4, -0.2) is 25.9 Å². The van der Waals surface area contributed by atoms with Gasteiger partial charge >= 0.3 is 12.7 Å². The van der Waals surface area contributed by atoms with E-state index in [0.29, 0.717) is 0 Å². The van der Waals surface area contributed by atoms with Gasteiger partial charge in [0, 0.05) is 24.9 Å². The molecule has 0 atom stereocenters. The molecule has 3 aromatic rings. The van der Waals surface area contributed by atoms with Crippen molar-refractivity contribution < 1.29 is 27.4 Å². The number of rotatable bonds is 6. The van der Waals surface area contributed by atoms with Gasteiger partial charge in [-0.3, -0.25) is 0 Å². The second kappa shape index (κ2) is 10.1. The predicted molar refractivity (Wildman–Crippen MR) is 118 cm³/mol. The van der Waals surface area contributed by atoms with Crippen LogP contribution >= 0.6 is 0 Å². The number of benzene rings is 3. The molecule has 0 heterocycles. The molecule has 0 radical (unpaired) electrons. The van der Waals surface area contributed by atoms with Crippen molar-refractivity contribution >= 4 is 6.09 Å². The number of halogens is 3. The number of alkyl halides is 2. The third-order valence-corrected chi connectivity index (χ3v) is 5.25. The van der Waals surface area contributed by atoms with Crippen LogP contribution in [0.5, 0.6) is 5.75 Å². The maximum atomic E-state index is 13.2. The van der Waals surface area contributed by atoms with E-state index in [-0.39, 0.29) is 36.8 Å². The Morgan fingerprint density at radius 2 is 1.67 bits per heavy atom. The van der Waals surface area contributed by atoms with Crippen LogP contribution in [0.15, 0.2) is 66.7 Å². The zero-order chi connectivity index (χ0) is 23.2. The smallest absolute Gasteiger partial charge is 0.407 e. The molecule has 1 aliphatic rings. The van der Waals surface area contributed by atoms with Crippen LogP contribution in [0, 0.1) is 17.7 Å². The van der Waals surface area contributed by atoms with E-state index in [1.807, 2.05) is 36.4 Å². The van der Waals surface area contributed by atoms with Gasteiger partial charge in [-0.2, -0.15) is 8.78 Å². The van der Waals surface area contributed by atoms with Crippen LogP contribution in [-0.2, 0) is 4.74 Å². The number of carbonyl (C=O) groups excluding carboxylic acids is 1. The van der Waals surface area contributed by atoms with Crippen molar-refractivity contribution in [2.24, 2.45) is 0 Å². The molecule has 0 aliphatic heterocycles. The number of alkyl carbamates (subject to hydrolysis) is 1. The summed E-state index contributed by atoms with van der Waals surface area (Å²) in [7, 11) is 0. The Labute approximate surface area is 189 Å². The van der Waals surface area contributed by atoms with Gasteiger partial charge in [0.25, 0.3) is 0 Å². The molecule has 4 rings (SSSR count). The van der Waals surface area contributed by atoms with Crippen LogP contribution in [0.1, 0.15) is 29.0 Å². The van der Waals surface area contributed by atoms with Crippen molar-refractivity contribution in [2.45, 2.75) is 19.0 Å². The average molecular weight is 451 g/mol. The number of amides is 1. The van der Waals surface area contributed by atoms with Crippen molar-refractivity contribution in [2.75, 3.05) is 13.2 Å². The number of nitrogens with one attached hydrogen (secondary N) is 1. The molecule has 0 unspecified atom stereocenters. The maximum Gasteiger partial charge on any atom is 0.407 e. The summed E-state index contributed by atoms with van der Waals surface area (Å²) in [6.45, 7) is -2.67. The van der Waals surface area contributed by atoms with Crippen molar-refractivity contribution in [1.82, 2.24) is 5.32 Å². The molecular weight excluding hydrogens is 431 g/mol. The van der Waals surface area contributed by atoms with E-state index in [1.165, 1.54) is 6.07 Å². The SMILES string of the molecule is O=C(NCCC#Cc1ccc(F)cc1OC(F)F)OCC1c2ccccc2-c2ccccc21. The lowest BCUT2D eigenvalue weighted by molar-refractivity contribution is -0.0501. The fraction of sp³-hybridized carbons (Fsp3) is 0.192. The van der Waals surface area contributed by atoms with Gasteiger partial charge in [-0.1, -0.05) is 60.4 Å². The normalized spacial score (nSPS) is 11.9. The molecule has 0 spiro atoms. The molecule has 1 N–H and O–H groups in total. The van der Waals surface area contributed by atoms with Crippen molar-refractivity contribution in [1.29, 1.82) is 0 Å². The second-order valence-corrected chi connectivity index (χ2v) is 7.32. The molecule has 33 heavy (non-hydrogen) atoms. The zero-order valence-electron chi connectivity index (χ0n) is 17.5. The van der Waals surface area contributed by atoms with E-state index in [0.717, 1.165) is 34.4 Å². The monoisotopic (exact) mass is 451 g/mol. The third-order valence-electron chi connectivity index (χ3n) is 5.25. The minimum absolute atomic E-state index is 0.0327. The molecular formula is C26H20F3NO3. The summed E-state index contributed by atoms with van der Waals surface area (Å²) < 4.78 is 47.9. The average Bonchev–Trinajstić information content (AvgIpc) is 3.12. The van der Waals surface area contributed by atoms with Gasteiger partial charge in [-0.05, 0) is 34.4 Å². The van der Waals surface area contributed by atoms with Crippen molar-refractivity contribution in [3.63, 3.8) is 0 Å². The van der Waals surface area contributed by atoms with Crippen molar-refractivity contribution in [3.8, 4) is 28.7 Å². The summed E-state index contributed by atoms with van der Waals surface area (Å²) in [5.41, 5.74) is 4.68. The predicted octanol–water partition coefficient (Wildman–Crippen LogP) is 5.71. The van der Waals surface area contributed by atoms with Gasteiger partial charge in [0.1, 0.15) is 18.2 Å². The summed E-state index contributed by atoms with van der Waals surface area (Å²) in [4.78, 5) is 12.1. The van der Waals surface area contributed by atoms with E-state index < -0.39 is 18.5 Å². The van der Waals surface area contributed by atoms with Crippen LogP contribution in [0.4, 0.5) is 18.0 Å². The molecule has 4 nitrogen and oxygen atoms in total. The highest BCUT2D eigenvalue weighted by molar-refractivity contribution is 5.79. The molecule has 1 amide bonds. The zero-order valence-corrected chi connectivity index (χ0v) is 17.5. The van der Waals surface area contributed by atoms with E-state index in [2.05, 4.69) is 34.0 Å². The summed E-state index contributed by atoms with van der Waals surface area (Å²) in [5, 5.41) is 2.62. The van der Waals surface area contributed by atoms with Gasteiger partial charge in [0.05, 0.1) is 5.56 Å². The fourth-order valence-electron chi connectivity index (χ4n) is 3.83. The molecule has 3 aromatic carbocycles. The van der Waals surface area contributed by atoms with Crippen LogP contribution in [0.2, 0.25) is 0 Å². The lowest BCUT2D eigenvalue weighted by Gasteiger charge is -2.14. The lowest BCUT2D eigenvalue weighted by atomic mass is 9.98. The first-order chi connectivity index (χ1) is 16.0. The van der Waals surface area contributed by atoms with Gasteiger partial charge in [-0.15, -0.1) is 0 Å². The Balaban J connectivity index is 1.29. The van der Waals surface area contributed by atoms with Gasteiger partial charge in [-0.25, -0.2) is 9.18 Å². The lowest BCUT2D eigenvalue weighted by Crippen LogP contribution is -2.26. The fourth-order valence-corrected chi connectivity index (χ4v) is 3.83. The maximum absolute atomic E-state index is 13.2. The van der Waals surface area contributed by atoms with Gasteiger partial charge < -0.3 is 14.8 Å². The highest BCUT2D eigenvalue weighted by Gasteiger charge is 2.28. The molecule has 1 aliphatic carbocycles. The molecule has 0 saturated carbocycles. The number of ether oxygens (including phenoxy) is 2. The van der Waals surface area contributed by atoms with E-state index in [1.54, 1.807) is 0 Å². The molecule has 0 aromatic heterocycles. The van der Waals surface area contributed by atoms with E-state index >= 15 is 0 Å². The number of fused-ring (bicyclic) bond motifs is 3. The van der Waals surface area contributed by atoms with Crippen molar-refractivity contribution in [3.05, 3.63) is 89.2 Å². The van der Waals surface area contributed by atoms with Gasteiger partial charge in [0.2, 0.25) is 0 Å². The van der Waals surface area contributed by atoms with Gasteiger partial charge in [0.15, 0.2) is 0 Å². The standard InChI is InChI=1S/C26H20F3NO3/c27-18-13-12-17(24(15-18)33-25(28)29)7-5-6-14-30-26(31)32-16-23-21-10-3-1-8-19(21)20-9-2-4-11-22(20)23/h1-4,8-13,15,23,25H,6,14,16H2,(H,30,31). The largest absolute Gasteiger partial charge is 0.449 e. The van der Waals surface area contributed by atoms with E-state index in [4.69, 9.17) is 4.74 Å². The first kappa shape index (κ1) is 22.3. The quantitative estimate of drug-likeness (QED) is 0.386. The minimum atomic E-state index is -3.08. The Morgan fingerprint density at radius 3 is 2.33 bits per heavy atom. The molecule has 0 bridgehead atoms. The molecule has 168 valence electrons. The topological polar surface area (TPSA) is 47.6 Å². The molecule has 0 fully saturated rings. The Bertz CT molecular complexity index is 1170. The Hall–Kier alpha value is -3.92. The van der Waals surface area contributed by atoms with Crippen LogP contribution in [0.3, 0.4) is 0 Å². The number of hydrogen-bond acceptors (Lipinski definition) is 3. The second-order valence-electron chi connectivity index (χ2n) is 7.32. The summed E-state index contributed by atoms with van der Waals surface area (Å²) >= 11 is 0. The number of hydrogen-bond donors (Lipinski definition) is 1. The highest BCUT2D eigenvalue weighted by atomic mass is 19.3. The Kier molecular flexibility index (Phi) is 6.84. The molecule has 7 heteroatoms. The minimum Gasteiger partial charge on any atom is -0.449 e. The van der Waals surface area contributed by atoms with Crippen LogP contribution < -0.4 is 10.1 Å².